The molecular weight excluding hydrogens is 1960 g/mol. The molecule has 12 aromatic carbocycles. The smallest absolute Gasteiger partial charge is 0.872 e. The maximum Gasteiger partial charge on any atom is 3.00 e. The minimum atomic E-state index is -0.248. The molecule has 0 aliphatic carbocycles. The summed E-state index contributed by atoms with van der Waals surface area (Å²) in [5.74, 6) is -2.98. The summed E-state index contributed by atoms with van der Waals surface area (Å²) in [4.78, 5) is 72.4. The van der Waals surface area contributed by atoms with Gasteiger partial charge in [-0.25, -0.2) is 0 Å². The molecule has 14 nitrogen and oxygen atoms in total. The Bertz CT molecular complexity index is 4750. The zero-order valence-electron chi connectivity index (χ0n) is 78.0. The summed E-state index contributed by atoms with van der Waals surface area (Å²) in [5.41, 5.74) is 20.7. The summed E-state index contributed by atoms with van der Waals surface area (Å²) in [6.07, 6.45) is 18.2. The topological polar surface area (TPSA) is 281 Å². The van der Waals surface area contributed by atoms with E-state index in [1.54, 1.807) is 146 Å². The molecule has 698 valence electrons. The first-order valence-electron chi connectivity index (χ1n) is 44.4. The average molecular weight is 2090 g/mol. The van der Waals surface area contributed by atoms with Crippen LogP contribution in [-0.2, 0) is 77.0 Å². The summed E-state index contributed by atoms with van der Waals surface area (Å²) in [6, 6.07) is 88.5. The molecule has 0 spiro atoms. The number of aliphatic hydroxyl groups is 2. The van der Waals surface area contributed by atoms with E-state index in [-0.39, 0.29) is 163 Å². The zero-order chi connectivity index (χ0) is 95.5. The fraction of sp³-hybridized carbons (Fsp3) is 0.224. The summed E-state index contributed by atoms with van der Waals surface area (Å²) in [6.45, 7) is 24.7. The van der Waals surface area contributed by atoms with Gasteiger partial charge >= 0.3 is 93.8 Å². The second-order valence-electron chi connectivity index (χ2n) is 29.8. The molecule has 0 bridgehead atoms. The van der Waals surface area contributed by atoms with Gasteiger partial charge in [-0.05, 0) is 214 Å². The summed E-state index contributed by atoms with van der Waals surface area (Å²) in [7, 11) is 2.00. The van der Waals surface area contributed by atoms with Crippen LogP contribution in [0.4, 0.5) is 0 Å². The van der Waals surface area contributed by atoms with Gasteiger partial charge in [0.2, 0.25) is 0 Å². The minimum Gasteiger partial charge on any atom is -0.872 e. The largest absolute Gasteiger partial charge is 3.00 e. The Hall–Kier alpha value is -11.1. The molecule has 12 aromatic rings. The van der Waals surface area contributed by atoms with Gasteiger partial charge in [0.05, 0.1) is 0 Å². The van der Waals surface area contributed by atoms with Crippen molar-refractivity contribution >= 4 is 69.3 Å². The Balaban J connectivity index is 0.000000404. The molecule has 0 saturated carbocycles. The van der Waals surface area contributed by atoms with Crippen LogP contribution < -0.4 is 30.6 Å². The Labute approximate surface area is 859 Å². The summed E-state index contributed by atoms with van der Waals surface area (Å²) >= 11 is 0. The standard InChI is InChI=1S/6C19H20O2.2CH4O.2Yb/c6*1-3-14-5-9-16(10-6-14)18(20)13-19(21)17-11-7-15(4-2)8-12-17;2*1-2;;/h6*5-13,20H,3-4H2,1-2H3;2*2H,1H3;;/q;;;;;;;;2*+3/p-6/b6*18-13-;;;;. The number of hydrogen-bond donors (Lipinski definition) is 2. The molecule has 0 aliphatic heterocycles. The van der Waals surface area contributed by atoms with Crippen LogP contribution >= 0.6 is 0 Å². The van der Waals surface area contributed by atoms with Crippen molar-refractivity contribution < 1.29 is 163 Å². The first kappa shape index (κ1) is 115. The van der Waals surface area contributed by atoms with Crippen LogP contribution in [0.15, 0.2) is 328 Å². The SMILES string of the molecule is CCc1ccc(C(=O)/C=C(\[O-])c2ccc(CC)cc2)cc1.CCc1ccc(C(=O)/C=C(\[O-])c2ccc(CC)cc2)cc1.CCc1ccc(C(=O)/C=C(\[O-])c2ccc(CC)cc2)cc1.CCc1ccc(C(=O)/C=C(\[O-])c2ccc(CC)cc2)cc1.CCc1ccc(C(=O)/C=C(\[O-])c2ccc(CC)cc2)cc1.CCc1ccc(C(=O)/C=C(\[O-])c2ccc(CC)cc2)cc1.CO.CO.[Yb+3].[Yb+3]. The number of aliphatic hydroxyl groups excluding tert-OH is 2. The van der Waals surface area contributed by atoms with Gasteiger partial charge in [0.1, 0.15) is 0 Å². The summed E-state index contributed by atoms with van der Waals surface area (Å²) in [5, 5.41) is 86.4. The van der Waals surface area contributed by atoms with E-state index in [2.05, 4.69) is 83.1 Å². The number of carbonyl (C=O) groups excluding carboxylic acids is 6. The molecule has 0 fully saturated rings. The van der Waals surface area contributed by atoms with Crippen LogP contribution in [0.5, 0.6) is 0 Å². The Morgan fingerprint density at radius 3 is 0.295 bits per heavy atom. The number of benzene rings is 12. The number of rotatable bonds is 30. The molecule has 0 atom stereocenters. The van der Waals surface area contributed by atoms with E-state index < -0.39 is 0 Å². The van der Waals surface area contributed by atoms with Crippen molar-refractivity contribution in [1.29, 1.82) is 0 Å². The van der Waals surface area contributed by atoms with Gasteiger partial charge in [0, 0.05) is 47.6 Å². The molecule has 0 heterocycles. The van der Waals surface area contributed by atoms with Gasteiger partial charge in [0.25, 0.3) is 0 Å². The Morgan fingerprint density at radius 1 is 0.159 bits per heavy atom. The number of aryl methyl sites for hydroxylation is 12. The molecule has 0 aromatic heterocycles. The van der Waals surface area contributed by atoms with Crippen molar-refractivity contribution in [3.8, 4) is 0 Å². The van der Waals surface area contributed by atoms with Gasteiger partial charge in [-0.2, -0.15) is 0 Å². The van der Waals surface area contributed by atoms with Gasteiger partial charge in [-0.15, -0.1) is 0 Å². The molecule has 0 unspecified atom stereocenters. The molecular formula is C116H122O14Yb2. The molecule has 2 N–H and O–H groups in total. The quantitative estimate of drug-likeness (QED) is 0.0241. The third-order valence-electron chi connectivity index (χ3n) is 21.3. The van der Waals surface area contributed by atoms with Crippen LogP contribution in [0.3, 0.4) is 0 Å². The predicted octanol–water partition coefficient (Wildman–Crippen LogP) is 19.6. The minimum absolute atomic E-state index is 0. The first-order valence-corrected chi connectivity index (χ1v) is 44.4. The Morgan fingerprint density at radius 2 is 0.227 bits per heavy atom. The molecule has 16 heteroatoms. The molecule has 132 heavy (non-hydrogen) atoms. The molecule has 0 aliphatic rings. The average Bonchev–Trinajstić information content (AvgIpc) is 0.875. The maximum atomic E-state index is 12.1. The van der Waals surface area contributed by atoms with E-state index in [4.69, 9.17) is 10.2 Å². The summed E-state index contributed by atoms with van der Waals surface area (Å²) < 4.78 is 0. The number of ketones is 6. The molecule has 12 rings (SSSR count). The molecule has 0 saturated heterocycles. The van der Waals surface area contributed by atoms with Crippen molar-refractivity contribution in [2.24, 2.45) is 0 Å². The van der Waals surface area contributed by atoms with Crippen LogP contribution in [0.25, 0.3) is 34.6 Å². The van der Waals surface area contributed by atoms with Gasteiger partial charge in [-0.1, -0.05) is 409 Å². The number of carbonyl (C=O) groups is 6. The monoisotopic (exact) mass is 2090 g/mol. The van der Waals surface area contributed by atoms with Crippen LogP contribution in [0.1, 0.15) is 245 Å². The zero-order valence-corrected chi connectivity index (χ0v) is 81.4. The van der Waals surface area contributed by atoms with Gasteiger partial charge in [-0.3, -0.25) is 28.8 Å². The van der Waals surface area contributed by atoms with E-state index in [0.717, 1.165) is 91.3 Å². The van der Waals surface area contributed by atoms with Crippen molar-refractivity contribution in [2.75, 3.05) is 14.2 Å². The molecule has 0 amide bonds. The van der Waals surface area contributed by atoms with E-state index in [9.17, 15) is 59.4 Å². The van der Waals surface area contributed by atoms with Crippen LogP contribution in [0.2, 0.25) is 0 Å². The van der Waals surface area contributed by atoms with Crippen molar-refractivity contribution in [3.63, 3.8) is 0 Å². The fourth-order valence-electron chi connectivity index (χ4n) is 12.6. The van der Waals surface area contributed by atoms with E-state index in [1.165, 1.54) is 103 Å². The maximum absolute atomic E-state index is 12.1. The number of hydrogen-bond acceptors (Lipinski definition) is 14. The molecule has 2 radical (unpaired) electrons. The van der Waals surface area contributed by atoms with Crippen molar-refractivity contribution in [2.45, 2.75) is 160 Å². The van der Waals surface area contributed by atoms with E-state index in [0.29, 0.717) is 66.8 Å². The predicted molar refractivity (Wildman–Crippen MR) is 520 cm³/mol. The first-order chi connectivity index (χ1) is 62.8. The second kappa shape index (κ2) is 63.8. The van der Waals surface area contributed by atoms with Crippen molar-refractivity contribution in [1.82, 2.24) is 0 Å². The normalized spacial score (nSPS) is 11.0. The fourth-order valence-corrected chi connectivity index (χ4v) is 12.6. The van der Waals surface area contributed by atoms with Crippen molar-refractivity contribution in [3.05, 3.63) is 461 Å². The van der Waals surface area contributed by atoms with Gasteiger partial charge in [0.15, 0.2) is 34.7 Å². The third kappa shape index (κ3) is 39.3. The number of allylic oxidation sites excluding steroid dienone is 6. The van der Waals surface area contributed by atoms with E-state index in [1.807, 2.05) is 146 Å². The Kier molecular flexibility index (Phi) is 55.6. The van der Waals surface area contributed by atoms with Gasteiger partial charge < -0.3 is 40.9 Å². The van der Waals surface area contributed by atoms with Crippen LogP contribution in [0, 0.1) is 93.8 Å². The second-order valence-corrected chi connectivity index (χ2v) is 29.8. The van der Waals surface area contributed by atoms with E-state index >= 15 is 0 Å². The van der Waals surface area contributed by atoms with Crippen LogP contribution in [-0.4, -0.2) is 59.1 Å². The third-order valence-corrected chi connectivity index (χ3v) is 21.3.